The minimum absolute atomic E-state index is 0.400. The van der Waals surface area contributed by atoms with Gasteiger partial charge in [0.05, 0.1) is 13.2 Å². The molecule has 0 spiro atoms. The first-order chi connectivity index (χ1) is 10.0. The predicted octanol–water partition coefficient (Wildman–Crippen LogP) is 4.24. The molecule has 0 radical (unpaired) electrons. The molecule has 0 aliphatic carbocycles. The maximum Gasteiger partial charge on any atom is 0.169 e. The topological polar surface area (TPSA) is 38.7 Å². The molecule has 2 aromatic rings. The number of aliphatic hydroxyl groups is 1. The van der Waals surface area contributed by atoms with Crippen molar-refractivity contribution in [2.75, 3.05) is 7.11 Å². The van der Waals surface area contributed by atoms with E-state index >= 15 is 0 Å². The highest BCUT2D eigenvalue weighted by Crippen LogP contribution is 2.36. The molecule has 0 aromatic heterocycles. The lowest BCUT2D eigenvalue weighted by molar-refractivity contribution is 0.195. The van der Waals surface area contributed by atoms with Gasteiger partial charge in [-0.05, 0) is 49.2 Å². The zero-order valence-electron chi connectivity index (χ0n) is 12.4. The van der Waals surface area contributed by atoms with Gasteiger partial charge in [0.2, 0.25) is 0 Å². The maximum atomic E-state index is 13.3. The molecule has 21 heavy (non-hydrogen) atoms. The van der Waals surface area contributed by atoms with Crippen LogP contribution in [0.2, 0.25) is 0 Å². The Hall–Kier alpha value is -2.07. The molecule has 0 bridgehead atoms. The Bertz CT molecular complexity index is 623. The van der Waals surface area contributed by atoms with Crippen LogP contribution in [-0.4, -0.2) is 12.2 Å². The minimum Gasteiger partial charge on any atom is -0.493 e. The molecule has 0 unspecified atom stereocenters. The van der Waals surface area contributed by atoms with E-state index in [0.717, 1.165) is 12.0 Å². The number of aryl methyl sites for hydroxylation is 1. The van der Waals surface area contributed by atoms with E-state index < -0.39 is 11.9 Å². The molecule has 1 atom stereocenters. The highest BCUT2D eigenvalue weighted by atomic mass is 19.1. The summed E-state index contributed by atoms with van der Waals surface area (Å²) in [5, 5.41) is 9.74. The second-order valence-corrected chi connectivity index (χ2v) is 4.80. The van der Waals surface area contributed by atoms with Gasteiger partial charge in [-0.1, -0.05) is 13.0 Å². The molecule has 0 aliphatic heterocycles. The van der Waals surface area contributed by atoms with E-state index in [0.29, 0.717) is 22.8 Å². The van der Waals surface area contributed by atoms with Gasteiger partial charge in [-0.15, -0.1) is 0 Å². The number of benzene rings is 2. The first-order valence-corrected chi connectivity index (χ1v) is 6.87. The number of methoxy groups -OCH3 is 1. The molecule has 2 rings (SSSR count). The zero-order chi connectivity index (χ0) is 15.4. The average Bonchev–Trinajstić information content (AvgIpc) is 2.49. The average molecular weight is 290 g/mol. The number of ether oxygens (including phenoxy) is 2. The largest absolute Gasteiger partial charge is 0.493 e. The number of halogens is 1. The molecule has 1 N–H and O–H groups in total. The second-order valence-electron chi connectivity index (χ2n) is 4.80. The van der Waals surface area contributed by atoms with Crippen molar-refractivity contribution in [3.05, 3.63) is 53.3 Å². The van der Waals surface area contributed by atoms with Crippen LogP contribution in [0.3, 0.4) is 0 Å². The van der Waals surface area contributed by atoms with Crippen molar-refractivity contribution in [2.45, 2.75) is 26.4 Å². The highest BCUT2D eigenvalue weighted by molar-refractivity contribution is 5.47. The zero-order valence-corrected chi connectivity index (χ0v) is 12.4. The van der Waals surface area contributed by atoms with E-state index in [1.807, 2.05) is 18.2 Å². The summed E-state index contributed by atoms with van der Waals surface area (Å²) in [5.74, 6) is 1.14. The lowest BCUT2D eigenvalue weighted by Crippen LogP contribution is -1.98. The van der Waals surface area contributed by atoms with Crippen LogP contribution in [0.15, 0.2) is 36.4 Å². The van der Waals surface area contributed by atoms with Crippen LogP contribution >= 0.6 is 0 Å². The van der Waals surface area contributed by atoms with E-state index in [2.05, 4.69) is 6.92 Å². The Kier molecular flexibility index (Phi) is 4.81. The van der Waals surface area contributed by atoms with E-state index in [9.17, 15) is 9.50 Å². The Balaban J connectivity index is 2.38. The molecular weight excluding hydrogens is 271 g/mol. The Morgan fingerprint density at radius 3 is 2.43 bits per heavy atom. The van der Waals surface area contributed by atoms with E-state index in [1.165, 1.54) is 18.2 Å². The van der Waals surface area contributed by atoms with Crippen molar-refractivity contribution in [3.8, 4) is 17.2 Å². The third-order valence-electron chi connectivity index (χ3n) is 3.28. The van der Waals surface area contributed by atoms with Crippen LogP contribution in [0, 0.1) is 5.82 Å². The smallest absolute Gasteiger partial charge is 0.169 e. The maximum absolute atomic E-state index is 13.3. The minimum atomic E-state index is -0.823. The summed E-state index contributed by atoms with van der Waals surface area (Å²) < 4.78 is 24.4. The molecule has 112 valence electrons. The highest BCUT2D eigenvalue weighted by Gasteiger charge is 2.14. The number of aliphatic hydroxyl groups excluding tert-OH is 1. The first kappa shape index (κ1) is 15.3. The summed E-state index contributed by atoms with van der Waals surface area (Å²) in [6.07, 6.45) is 0.0724. The number of hydrogen-bond acceptors (Lipinski definition) is 3. The molecule has 0 saturated carbocycles. The quantitative estimate of drug-likeness (QED) is 0.895. The lowest BCUT2D eigenvalue weighted by Gasteiger charge is -2.15. The van der Waals surface area contributed by atoms with Crippen LogP contribution in [0.1, 0.15) is 31.1 Å². The van der Waals surface area contributed by atoms with Gasteiger partial charge in [0.25, 0.3) is 0 Å². The van der Waals surface area contributed by atoms with Crippen molar-refractivity contribution in [2.24, 2.45) is 0 Å². The Morgan fingerprint density at radius 2 is 1.81 bits per heavy atom. The summed E-state index contributed by atoms with van der Waals surface area (Å²) in [7, 11) is 1.57. The summed E-state index contributed by atoms with van der Waals surface area (Å²) in [6, 6.07) is 9.74. The fraction of sp³-hybridized carbons (Fsp3) is 0.294. The van der Waals surface area contributed by atoms with Crippen LogP contribution in [0.25, 0.3) is 0 Å². The molecule has 0 heterocycles. The molecule has 0 aliphatic rings. The SMILES string of the molecule is CCc1ccc(Oc2ccc(F)cc2[C@@H](C)O)c(OC)c1. The molecule has 4 heteroatoms. The third-order valence-corrected chi connectivity index (χ3v) is 3.28. The van der Waals surface area contributed by atoms with Gasteiger partial charge in [0.15, 0.2) is 11.5 Å². The fourth-order valence-electron chi connectivity index (χ4n) is 2.07. The van der Waals surface area contributed by atoms with Crippen LogP contribution in [-0.2, 0) is 6.42 Å². The van der Waals surface area contributed by atoms with Gasteiger partial charge in [0.1, 0.15) is 11.6 Å². The first-order valence-electron chi connectivity index (χ1n) is 6.87. The fourth-order valence-corrected chi connectivity index (χ4v) is 2.07. The van der Waals surface area contributed by atoms with Crippen molar-refractivity contribution < 1.29 is 19.0 Å². The van der Waals surface area contributed by atoms with Gasteiger partial charge in [-0.2, -0.15) is 0 Å². The Morgan fingerprint density at radius 1 is 1.10 bits per heavy atom. The van der Waals surface area contributed by atoms with Gasteiger partial charge in [0, 0.05) is 5.56 Å². The van der Waals surface area contributed by atoms with Gasteiger partial charge in [-0.3, -0.25) is 0 Å². The molecule has 0 saturated heterocycles. The van der Waals surface area contributed by atoms with Crippen molar-refractivity contribution >= 4 is 0 Å². The molecule has 3 nitrogen and oxygen atoms in total. The second kappa shape index (κ2) is 6.59. The monoisotopic (exact) mass is 290 g/mol. The standard InChI is InChI=1S/C17H19FO3/c1-4-12-5-7-16(17(9-12)20-3)21-15-8-6-13(18)10-14(15)11(2)19/h5-11,19H,4H2,1-3H3/t11-/m1/s1. The van der Waals surface area contributed by atoms with Crippen molar-refractivity contribution in [3.63, 3.8) is 0 Å². The van der Waals surface area contributed by atoms with Crippen LogP contribution in [0.5, 0.6) is 17.2 Å². The van der Waals surface area contributed by atoms with E-state index in [-0.39, 0.29) is 0 Å². The summed E-state index contributed by atoms with van der Waals surface area (Å²) >= 11 is 0. The molecule has 0 amide bonds. The normalized spacial score (nSPS) is 12.0. The molecular formula is C17H19FO3. The van der Waals surface area contributed by atoms with Gasteiger partial charge in [-0.25, -0.2) is 4.39 Å². The summed E-state index contributed by atoms with van der Waals surface area (Å²) in [5.41, 5.74) is 1.53. The van der Waals surface area contributed by atoms with Gasteiger partial charge >= 0.3 is 0 Å². The van der Waals surface area contributed by atoms with Crippen molar-refractivity contribution in [1.82, 2.24) is 0 Å². The Labute approximate surface area is 124 Å². The number of rotatable bonds is 5. The van der Waals surface area contributed by atoms with E-state index in [1.54, 1.807) is 14.0 Å². The van der Waals surface area contributed by atoms with E-state index in [4.69, 9.17) is 9.47 Å². The summed E-state index contributed by atoms with van der Waals surface area (Å²) in [4.78, 5) is 0. The molecule has 2 aromatic carbocycles. The van der Waals surface area contributed by atoms with Crippen molar-refractivity contribution in [1.29, 1.82) is 0 Å². The number of hydrogen-bond donors (Lipinski definition) is 1. The van der Waals surface area contributed by atoms with Crippen LogP contribution < -0.4 is 9.47 Å². The summed E-state index contributed by atoms with van der Waals surface area (Å²) in [6.45, 7) is 3.62. The third kappa shape index (κ3) is 3.52. The predicted molar refractivity (Wildman–Crippen MR) is 79.5 cm³/mol. The van der Waals surface area contributed by atoms with Crippen LogP contribution in [0.4, 0.5) is 4.39 Å². The lowest BCUT2D eigenvalue weighted by atomic mass is 10.1. The van der Waals surface area contributed by atoms with Gasteiger partial charge < -0.3 is 14.6 Å². The molecule has 0 fully saturated rings.